The van der Waals surface area contributed by atoms with Gasteiger partial charge in [-0.15, -0.1) is 0 Å². The molecular weight excluding hydrogens is 691 g/mol. The third kappa shape index (κ3) is 11.9. The van der Waals surface area contributed by atoms with Gasteiger partial charge in [0.25, 0.3) is 5.56 Å². The summed E-state index contributed by atoms with van der Waals surface area (Å²) in [6.45, 7) is 7.10. The number of esters is 1. The molecule has 1 aliphatic rings. The fourth-order valence-electron chi connectivity index (χ4n) is 5.41. The van der Waals surface area contributed by atoms with Gasteiger partial charge in [0.1, 0.15) is 29.7 Å². The highest BCUT2D eigenvalue weighted by atomic mass is 31.2. The number of nitrogens with zero attached hydrogens (tertiary/aromatic N) is 1. The molecular formula is C37H49N4O10P. The maximum absolute atomic E-state index is 14.3. The molecule has 14 nitrogen and oxygen atoms in total. The molecule has 2 aromatic carbocycles. The molecule has 0 radical (unpaired) electrons. The summed E-state index contributed by atoms with van der Waals surface area (Å²) in [7, 11) is -4.34. The predicted molar refractivity (Wildman–Crippen MR) is 196 cm³/mol. The molecule has 15 heteroatoms. The highest BCUT2D eigenvalue weighted by Crippen LogP contribution is 2.47. The summed E-state index contributed by atoms with van der Waals surface area (Å²) in [5.74, 6) is 4.94. The molecule has 1 amide bonds. The Kier molecular flexibility index (Phi) is 15.2. The van der Waals surface area contributed by atoms with Gasteiger partial charge in [0.2, 0.25) is 5.91 Å². The van der Waals surface area contributed by atoms with E-state index in [0.717, 1.165) is 42.1 Å². The second-order valence-corrected chi connectivity index (χ2v) is 14.8. The van der Waals surface area contributed by atoms with E-state index in [-0.39, 0.29) is 42.7 Å². The standard InChI is InChI=1S/C37H49N4O10P/c1-5-6-7-8-9-19-33(43)38-20-13-16-28-22-41(37(46)39-35(28)44)34-21-30(42)32(50-34)24-49-52(47,40-26(4)36(45)48-23-25(2)3)51-31-18-12-15-27-14-10-11-17-29(27)31/h10-12,14-15,17-18,22,25-26,30,32,34,42H,5-9,19-21,23-24H2,1-4H3,(H,38,43)(H,40,47)(H,39,44,46)/t26-,30+,32-,34-,52?/m0/s1. The minimum Gasteiger partial charge on any atom is -0.464 e. The Morgan fingerprint density at radius 2 is 1.85 bits per heavy atom. The Morgan fingerprint density at radius 1 is 1.10 bits per heavy atom. The number of nitrogens with one attached hydrogen (secondary N) is 3. The summed E-state index contributed by atoms with van der Waals surface area (Å²) >= 11 is 0. The van der Waals surface area contributed by atoms with Crippen molar-refractivity contribution in [2.75, 3.05) is 19.8 Å². The molecule has 5 atom stereocenters. The molecule has 1 aromatic heterocycles. The number of H-pyrrole nitrogens is 1. The van der Waals surface area contributed by atoms with Crippen LogP contribution in [0.4, 0.5) is 0 Å². The summed E-state index contributed by atoms with van der Waals surface area (Å²) in [5, 5.41) is 17.7. The van der Waals surface area contributed by atoms with Gasteiger partial charge >= 0.3 is 19.4 Å². The van der Waals surface area contributed by atoms with Gasteiger partial charge in [0, 0.05) is 24.4 Å². The first kappa shape index (κ1) is 40.5. The van der Waals surface area contributed by atoms with Crippen LogP contribution in [0.5, 0.6) is 5.75 Å². The third-order valence-corrected chi connectivity index (χ3v) is 9.86. The molecule has 0 spiro atoms. The molecule has 0 aliphatic carbocycles. The zero-order valence-electron chi connectivity index (χ0n) is 30.1. The Morgan fingerprint density at radius 3 is 2.62 bits per heavy atom. The van der Waals surface area contributed by atoms with Crippen LogP contribution in [0.25, 0.3) is 10.8 Å². The minimum absolute atomic E-state index is 0.0212. The van der Waals surface area contributed by atoms with Crippen LogP contribution < -0.4 is 26.2 Å². The van der Waals surface area contributed by atoms with E-state index >= 15 is 0 Å². The van der Waals surface area contributed by atoms with E-state index in [2.05, 4.69) is 34.2 Å². The number of aliphatic hydroxyl groups excluding tert-OH is 1. The average molecular weight is 741 g/mol. The number of unbranched alkanes of at least 4 members (excludes halogenated alkanes) is 4. The summed E-state index contributed by atoms with van der Waals surface area (Å²) < 4.78 is 38.3. The lowest BCUT2D eigenvalue weighted by Crippen LogP contribution is -2.37. The lowest BCUT2D eigenvalue weighted by molar-refractivity contribution is -0.146. The second-order valence-electron chi connectivity index (χ2n) is 13.1. The van der Waals surface area contributed by atoms with Gasteiger partial charge in [0.15, 0.2) is 0 Å². The van der Waals surface area contributed by atoms with Gasteiger partial charge in [-0.2, -0.15) is 5.09 Å². The molecule has 0 saturated carbocycles. The van der Waals surface area contributed by atoms with E-state index < -0.39 is 56.0 Å². The topological polar surface area (TPSA) is 187 Å². The molecule has 4 N–H and O–H groups in total. The molecule has 2 heterocycles. The monoisotopic (exact) mass is 740 g/mol. The van der Waals surface area contributed by atoms with E-state index in [1.165, 1.54) is 13.1 Å². The van der Waals surface area contributed by atoms with E-state index in [1.807, 2.05) is 32.0 Å². The molecule has 0 bridgehead atoms. The summed E-state index contributed by atoms with van der Waals surface area (Å²) in [6, 6.07) is 11.4. The predicted octanol–water partition coefficient (Wildman–Crippen LogP) is 4.55. The first-order valence-corrected chi connectivity index (χ1v) is 19.2. The minimum atomic E-state index is -4.34. The Balaban J connectivity index is 1.44. The summed E-state index contributed by atoms with van der Waals surface area (Å²) in [4.78, 5) is 52.3. The lowest BCUT2D eigenvalue weighted by Gasteiger charge is -2.25. The van der Waals surface area contributed by atoms with E-state index in [0.29, 0.717) is 11.8 Å². The van der Waals surface area contributed by atoms with Crippen LogP contribution in [-0.2, 0) is 28.2 Å². The molecule has 1 saturated heterocycles. The highest BCUT2D eigenvalue weighted by molar-refractivity contribution is 7.52. The number of rotatable bonds is 18. The van der Waals surface area contributed by atoms with Crippen molar-refractivity contribution in [3.8, 4) is 17.6 Å². The number of hydrogen-bond acceptors (Lipinski definition) is 10. The van der Waals surface area contributed by atoms with E-state index in [4.69, 9.17) is 18.5 Å². The first-order chi connectivity index (χ1) is 24.9. The number of benzene rings is 2. The van der Waals surface area contributed by atoms with Crippen molar-refractivity contribution in [2.45, 2.75) is 97.1 Å². The van der Waals surface area contributed by atoms with Crippen molar-refractivity contribution < 1.29 is 37.8 Å². The molecule has 3 aromatic rings. The van der Waals surface area contributed by atoms with Gasteiger partial charge in [-0.1, -0.05) is 94.7 Å². The van der Waals surface area contributed by atoms with Crippen molar-refractivity contribution in [2.24, 2.45) is 5.92 Å². The normalized spacial score (nSPS) is 18.7. The number of fused-ring (bicyclic) bond motifs is 1. The largest absolute Gasteiger partial charge is 0.464 e. The van der Waals surface area contributed by atoms with Crippen LogP contribution in [0, 0.1) is 17.8 Å². The fraction of sp³-hybridized carbons (Fsp3) is 0.514. The number of ether oxygens (including phenoxy) is 2. The van der Waals surface area contributed by atoms with Gasteiger partial charge in [0.05, 0.1) is 25.9 Å². The van der Waals surface area contributed by atoms with Crippen LogP contribution in [0.15, 0.2) is 58.3 Å². The quantitative estimate of drug-likeness (QED) is 0.0621. The van der Waals surface area contributed by atoms with E-state index in [1.54, 1.807) is 24.3 Å². The van der Waals surface area contributed by atoms with Crippen LogP contribution >= 0.6 is 7.75 Å². The van der Waals surface area contributed by atoms with E-state index in [9.17, 15) is 28.8 Å². The summed E-state index contributed by atoms with van der Waals surface area (Å²) in [5.41, 5.74) is -1.54. The second kappa shape index (κ2) is 19.5. The maximum atomic E-state index is 14.3. The summed E-state index contributed by atoms with van der Waals surface area (Å²) in [6.07, 6.45) is 3.40. The van der Waals surface area contributed by atoms with Crippen molar-refractivity contribution in [3.05, 3.63) is 75.1 Å². The number of amides is 1. The molecule has 1 fully saturated rings. The zero-order valence-corrected chi connectivity index (χ0v) is 31.0. The third-order valence-electron chi connectivity index (χ3n) is 8.23. The number of aromatic nitrogens is 2. The fourth-order valence-corrected chi connectivity index (χ4v) is 6.93. The first-order valence-electron chi connectivity index (χ1n) is 17.7. The number of aromatic amines is 1. The van der Waals surface area contributed by atoms with Crippen LogP contribution in [0.1, 0.15) is 84.4 Å². The van der Waals surface area contributed by atoms with Gasteiger partial charge in [-0.3, -0.25) is 28.5 Å². The number of carbonyl (C=O) groups excluding carboxylic acids is 2. The van der Waals surface area contributed by atoms with Crippen LogP contribution in [0.3, 0.4) is 0 Å². The molecule has 1 unspecified atom stereocenters. The smallest absolute Gasteiger partial charge is 0.459 e. The Hall–Kier alpha value is -4.25. The van der Waals surface area contributed by atoms with Crippen molar-refractivity contribution in [1.82, 2.24) is 20.0 Å². The van der Waals surface area contributed by atoms with Crippen molar-refractivity contribution >= 4 is 30.4 Å². The van der Waals surface area contributed by atoms with Gasteiger partial charge in [-0.25, -0.2) is 9.36 Å². The van der Waals surface area contributed by atoms with Crippen molar-refractivity contribution in [3.63, 3.8) is 0 Å². The van der Waals surface area contributed by atoms with Crippen LogP contribution in [0.2, 0.25) is 0 Å². The van der Waals surface area contributed by atoms with Gasteiger partial charge in [-0.05, 0) is 30.7 Å². The molecule has 1 aliphatic heterocycles. The molecule has 4 rings (SSSR count). The SMILES string of the molecule is CCCCCCCC(=O)NCC#Cc1cn([C@@H]2C[C@@H](O)[C@H](COP(=O)(N[C@@H](C)C(=O)OCC(C)C)Oc3cccc4ccccc34)O2)c(=O)[nH]c1=O. The number of aliphatic hydroxyl groups is 1. The number of hydrogen-bond donors (Lipinski definition) is 4. The molecule has 282 valence electrons. The van der Waals surface area contributed by atoms with Gasteiger partial charge < -0.3 is 24.4 Å². The van der Waals surface area contributed by atoms with Crippen LogP contribution in [-0.4, -0.2) is 64.5 Å². The van der Waals surface area contributed by atoms with Crippen molar-refractivity contribution in [1.29, 1.82) is 0 Å². The zero-order chi connectivity index (χ0) is 37.7. The molecule has 52 heavy (non-hydrogen) atoms. The Labute approximate surface area is 303 Å². The lowest BCUT2D eigenvalue weighted by atomic mass is 10.1. The number of carbonyl (C=O) groups is 2. The Bertz CT molecular complexity index is 1890. The average Bonchev–Trinajstić information content (AvgIpc) is 3.48. The highest BCUT2D eigenvalue weighted by Gasteiger charge is 2.40. The maximum Gasteiger partial charge on any atom is 0.459 e.